The first-order valence-corrected chi connectivity index (χ1v) is 6.39. The van der Waals surface area contributed by atoms with Gasteiger partial charge in [-0.1, -0.05) is 18.6 Å². The van der Waals surface area contributed by atoms with Crippen molar-refractivity contribution in [1.29, 1.82) is 0 Å². The van der Waals surface area contributed by atoms with Crippen LogP contribution in [0.4, 0.5) is 0 Å². The van der Waals surface area contributed by atoms with Gasteiger partial charge in [0.1, 0.15) is 5.75 Å². The third kappa shape index (κ3) is 2.82. The average Bonchev–Trinajstić information content (AvgIpc) is 2.35. The van der Waals surface area contributed by atoms with E-state index in [0.29, 0.717) is 11.5 Å². The highest BCUT2D eigenvalue weighted by atomic mass is 16.3. The van der Waals surface area contributed by atoms with Crippen molar-refractivity contribution in [2.75, 3.05) is 13.1 Å². The van der Waals surface area contributed by atoms with E-state index in [4.69, 9.17) is 0 Å². The molecule has 0 spiro atoms. The Bertz CT molecular complexity index is 445. The Morgan fingerprint density at radius 1 is 1.50 bits per heavy atom. The molecule has 1 saturated heterocycles. The Kier molecular flexibility index (Phi) is 3.87. The zero-order valence-corrected chi connectivity index (χ0v) is 10.9. The van der Waals surface area contributed by atoms with Crippen molar-refractivity contribution < 1.29 is 9.90 Å². The molecule has 0 aliphatic carbocycles. The first kappa shape index (κ1) is 12.9. The molecule has 98 valence electrons. The van der Waals surface area contributed by atoms with Gasteiger partial charge >= 0.3 is 0 Å². The molecule has 2 atom stereocenters. The Morgan fingerprint density at radius 3 is 3.00 bits per heavy atom. The number of carbonyl (C=O) groups is 1. The summed E-state index contributed by atoms with van der Waals surface area (Å²) in [7, 11) is 0. The van der Waals surface area contributed by atoms with Gasteiger partial charge in [0, 0.05) is 12.6 Å². The van der Waals surface area contributed by atoms with E-state index in [9.17, 15) is 9.90 Å². The minimum absolute atomic E-state index is 0.0366. The Hall–Kier alpha value is -1.55. The molecular weight excluding hydrogens is 228 g/mol. The monoisotopic (exact) mass is 248 g/mol. The van der Waals surface area contributed by atoms with Crippen molar-refractivity contribution in [3.8, 4) is 5.75 Å². The molecular formula is C14H20N2O2. The molecule has 1 aromatic rings. The van der Waals surface area contributed by atoms with Crippen LogP contribution >= 0.6 is 0 Å². The number of rotatable bonds is 2. The first-order chi connectivity index (χ1) is 8.58. The molecule has 3 N–H and O–H groups in total. The predicted molar refractivity (Wildman–Crippen MR) is 70.7 cm³/mol. The highest BCUT2D eigenvalue weighted by Gasteiger charge is 2.23. The van der Waals surface area contributed by atoms with E-state index in [1.165, 1.54) is 0 Å². The summed E-state index contributed by atoms with van der Waals surface area (Å²) in [5.41, 5.74) is 1.32. The molecule has 0 radical (unpaired) electrons. The van der Waals surface area contributed by atoms with Crippen LogP contribution in [0.15, 0.2) is 18.2 Å². The summed E-state index contributed by atoms with van der Waals surface area (Å²) in [6.07, 6.45) is 1.06. The number of phenols is 1. The van der Waals surface area contributed by atoms with Gasteiger partial charge in [-0.25, -0.2) is 0 Å². The van der Waals surface area contributed by atoms with E-state index in [1.807, 2.05) is 6.92 Å². The van der Waals surface area contributed by atoms with Crippen LogP contribution < -0.4 is 10.6 Å². The topological polar surface area (TPSA) is 61.4 Å². The van der Waals surface area contributed by atoms with E-state index in [1.54, 1.807) is 18.2 Å². The van der Waals surface area contributed by atoms with Crippen LogP contribution in [0.3, 0.4) is 0 Å². The molecule has 18 heavy (non-hydrogen) atoms. The number of aryl methyl sites for hydroxylation is 1. The van der Waals surface area contributed by atoms with E-state index in [2.05, 4.69) is 17.6 Å². The fraction of sp³-hybridized carbons (Fsp3) is 0.500. The standard InChI is InChI=1S/C14H20N2O2/c1-9-3-4-13(17)11(7-9)14(18)16-12-8-15-6-5-10(12)2/h3-4,7,10,12,15,17H,5-6,8H2,1-2H3,(H,16,18). The lowest BCUT2D eigenvalue weighted by Crippen LogP contribution is -2.50. The number of carbonyl (C=O) groups excluding carboxylic acids is 1. The molecule has 0 aromatic heterocycles. The second-order valence-corrected chi connectivity index (χ2v) is 5.07. The summed E-state index contributed by atoms with van der Waals surface area (Å²) in [6.45, 7) is 5.84. The molecule has 1 aromatic carbocycles. The summed E-state index contributed by atoms with van der Waals surface area (Å²) in [5, 5.41) is 16.0. The largest absolute Gasteiger partial charge is 0.507 e. The molecule has 1 heterocycles. The number of piperidine rings is 1. The second-order valence-electron chi connectivity index (χ2n) is 5.07. The van der Waals surface area contributed by atoms with Crippen LogP contribution in [0, 0.1) is 12.8 Å². The van der Waals surface area contributed by atoms with Crippen molar-refractivity contribution in [1.82, 2.24) is 10.6 Å². The number of nitrogens with one attached hydrogen (secondary N) is 2. The zero-order chi connectivity index (χ0) is 13.1. The predicted octanol–water partition coefficient (Wildman–Crippen LogP) is 1.43. The lowest BCUT2D eigenvalue weighted by atomic mass is 9.94. The molecule has 0 bridgehead atoms. The number of amides is 1. The van der Waals surface area contributed by atoms with E-state index >= 15 is 0 Å². The zero-order valence-electron chi connectivity index (χ0n) is 10.9. The fourth-order valence-electron chi connectivity index (χ4n) is 2.26. The molecule has 2 unspecified atom stereocenters. The van der Waals surface area contributed by atoms with Crippen molar-refractivity contribution in [2.24, 2.45) is 5.92 Å². The lowest BCUT2D eigenvalue weighted by molar-refractivity contribution is 0.0912. The van der Waals surface area contributed by atoms with E-state index < -0.39 is 0 Å². The van der Waals surface area contributed by atoms with Crippen LogP contribution in [0.25, 0.3) is 0 Å². The highest BCUT2D eigenvalue weighted by Crippen LogP contribution is 2.19. The minimum atomic E-state index is -0.197. The van der Waals surface area contributed by atoms with Gasteiger partial charge in [-0.15, -0.1) is 0 Å². The van der Waals surface area contributed by atoms with Gasteiger partial charge in [-0.2, -0.15) is 0 Å². The number of hydrogen-bond acceptors (Lipinski definition) is 3. The van der Waals surface area contributed by atoms with Gasteiger partial charge < -0.3 is 15.7 Å². The number of benzene rings is 1. The quantitative estimate of drug-likeness (QED) is 0.742. The Balaban J connectivity index is 2.09. The number of aromatic hydroxyl groups is 1. The second kappa shape index (κ2) is 5.40. The molecule has 1 aliphatic heterocycles. The van der Waals surface area contributed by atoms with Crippen molar-refractivity contribution in [2.45, 2.75) is 26.3 Å². The third-order valence-corrected chi connectivity index (χ3v) is 3.54. The first-order valence-electron chi connectivity index (χ1n) is 6.39. The number of phenolic OH excluding ortho intramolecular Hbond substituents is 1. The normalized spacial score (nSPS) is 23.7. The van der Waals surface area contributed by atoms with E-state index in [0.717, 1.165) is 25.1 Å². The van der Waals surface area contributed by atoms with Gasteiger partial charge in [0.25, 0.3) is 5.91 Å². The van der Waals surface area contributed by atoms with Gasteiger partial charge in [-0.3, -0.25) is 4.79 Å². The maximum atomic E-state index is 12.1. The van der Waals surface area contributed by atoms with E-state index in [-0.39, 0.29) is 17.7 Å². The van der Waals surface area contributed by atoms with Crippen molar-refractivity contribution >= 4 is 5.91 Å². The molecule has 1 aliphatic rings. The molecule has 0 saturated carbocycles. The van der Waals surface area contributed by atoms with Gasteiger partial charge in [0.2, 0.25) is 0 Å². The maximum Gasteiger partial charge on any atom is 0.255 e. The summed E-state index contributed by atoms with van der Waals surface area (Å²) in [5.74, 6) is 0.299. The average molecular weight is 248 g/mol. The summed E-state index contributed by atoms with van der Waals surface area (Å²) >= 11 is 0. The molecule has 4 nitrogen and oxygen atoms in total. The smallest absolute Gasteiger partial charge is 0.255 e. The molecule has 4 heteroatoms. The molecule has 1 amide bonds. The van der Waals surface area contributed by atoms with Crippen LogP contribution in [-0.4, -0.2) is 30.1 Å². The van der Waals surface area contributed by atoms with Gasteiger partial charge in [0.15, 0.2) is 0 Å². The Morgan fingerprint density at radius 2 is 2.28 bits per heavy atom. The maximum absolute atomic E-state index is 12.1. The van der Waals surface area contributed by atoms with Crippen molar-refractivity contribution in [3.63, 3.8) is 0 Å². The molecule has 1 fully saturated rings. The highest BCUT2D eigenvalue weighted by molar-refractivity contribution is 5.97. The third-order valence-electron chi connectivity index (χ3n) is 3.54. The summed E-state index contributed by atoms with van der Waals surface area (Å²) < 4.78 is 0. The SMILES string of the molecule is Cc1ccc(O)c(C(=O)NC2CNCCC2C)c1. The summed E-state index contributed by atoms with van der Waals surface area (Å²) in [4.78, 5) is 12.1. The van der Waals surface area contributed by atoms with Gasteiger partial charge in [-0.05, 0) is 37.9 Å². The number of hydrogen-bond donors (Lipinski definition) is 3. The van der Waals surface area contributed by atoms with Crippen LogP contribution in [0.1, 0.15) is 29.3 Å². The van der Waals surface area contributed by atoms with Crippen LogP contribution in [-0.2, 0) is 0 Å². The summed E-state index contributed by atoms with van der Waals surface area (Å²) in [6, 6.07) is 5.20. The Labute approximate surface area is 107 Å². The van der Waals surface area contributed by atoms with Crippen LogP contribution in [0.2, 0.25) is 0 Å². The fourth-order valence-corrected chi connectivity index (χ4v) is 2.26. The van der Waals surface area contributed by atoms with Crippen LogP contribution in [0.5, 0.6) is 5.75 Å². The minimum Gasteiger partial charge on any atom is -0.507 e. The lowest BCUT2D eigenvalue weighted by Gasteiger charge is -2.30. The van der Waals surface area contributed by atoms with Gasteiger partial charge in [0.05, 0.1) is 5.56 Å². The van der Waals surface area contributed by atoms with Crippen molar-refractivity contribution in [3.05, 3.63) is 29.3 Å². The molecule has 2 rings (SSSR count).